The monoisotopic (exact) mass is 378 g/mol. The highest BCUT2D eigenvalue weighted by molar-refractivity contribution is 5.76. The standard InChI is InChI=1S/C22H26N4O2/c1-14-7-4-5-8-18(14)12-23-20(27)13-26-15(2)11-19(16(26)3)22-25-24-21(28-22)17-9-6-10-17/h4-5,7-8,11,17H,6,9-10,12-13H2,1-3H3,(H,23,27). The van der Waals surface area contributed by atoms with E-state index in [1.54, 1.807) is 0 Å². The van der Waals surface area contributed by atoms with Gasteiger partial charge in [-0.25, -0.2) is 0 Å². The molecule has 1 amide bonds. The Morgan fingerprint density at radius 2 is 2.00 bits per heavy atom. The summed E-state index contributed by atoms with van der Waals surface area (Å²) in [5.74, 6) is 1.68. The Hall–Kier alpha value is -2.89. The normalized spacial score (nSPS) is 14.1. The zero-order valence-corrected chi connectivity index (χ0v) is 16.7. The summed E-state index contributed by atoms with van der Waals surface area (Å²) in [6.45, 7) is 6.84. The summed E-state index contributed by atoms with van der Waals surface area (Å²) in [6.07, 6.45) is 3.48. The second-order valence-corrected chi connectivity index (χ2v) is 7.65. The highest BCUT2D eigenvalue weighted by Crippen LogP contribution is 2.37. The van der Waals surface area contributed by atoms with Crippen LogP contribution in [-0.2, 0) is 17.9 Å². The average Bonchev–Trinajstić information content (AvgIpc) is 3.20. The van der Waals surface area contributed by atoms with E-state index in [0.717, 1.165) is 41.2 Å². The van der Waals surface area contributed by atoms with E-state index in [1.165, 1.54) is 12.0 Å². The Labute approximate surface area is 165 Å². The minimum absolute atomic E-state index is 0.0164. The number of nitrogens with zero attached hydrogens (tertiary/aromatic N) is 3. The zero-order valence-electron chi connectivity index (χ0n) is 16.7. The SMILES string of the molecule is Cc1ccccc1CNC(=O)Cn1c(C)cc(-c2nnc(C3CCC3)o2)c1C. The van der Waals surface area contributed by atoms with Gasteiger partial charge in [0.05, 0.1) is 5.56 Å². The predicted molar refractivity (Wildman–Crippen MR) is 107 cm³/mol. The first-order valence-corrected chi connectivity index (χ1v) is 9.84. The lowest BCUT2D eigenvalue weighted by atomic mass is 9.85. The van der Waals surface area contributed by atoms with Gasteiger partial charge in [0.25, 0.3) is 0 Å². The molecule has 0 unspecified atom stereocenters. The first-order chi connectivity index (χ1) is 13.5. The van der Waals surface area contributed by atoms with Gasteiger partial charge in [-0.05, 0) is 50.8 Å². The van der Waals surface area contributed by atoms with E-state index in [0.29, 0.717) is 18.4 Å². The average molecular weight is 378 g/mol. The van der Waals surface area contributed by atoms with Gasteiger partial charge < -0.3 is 14.3 Å². The molecule has 1 aliphatic carbocycles. The lowest BCUT2D eigenvalue weighted by Crippen LogP contribution is -2.28. The van der Waals surface area contributed by atoms with Crippen LogP contribution in [0.5, 0.6) is 0 Å². The number of hydrogen-bond acceptors (Lipinski definition) is 4. The van der Waals surface area contributed by atoms with Gasteiger partial charge in [0, 0.05) is 23.9 Å². The lowest BCUT2D eigenvalue weighted by molar-refractivity contribution is -0.121. The molecular weight excluding hydrogens is 352 g/mol. The van der Waals surface area contributed by atoms with Crippen molar-refractivity contribution < 1.29 is 9.21 Å². The number of rotatable bonds is 6. The maximum atomic E-state index is 12.5. The second kappa shape index (κ2) is 7.62. The van der Waals surface area contributed by atoms with Crippen LogP contribution in [0.2, 0.25) is 0 Å². The van der Waals surface area contributed by atoms with Crippen LogP contribution in [0.1, 0.15) is 53.6 Å². The van der Waals surface area contributed by atoms with Gasteiger partial charge in [0.2, 0.25) is 17.7 Å². The molecule has 1 aliphatic rings. The number of hydrogen-bond donors (Lipinski definition) is 1. The van der Waals surface area contributed by atoms with Crippen molar-refractivity contribution in [2.45, 2.75) is 59.0 Å². The fourth-order valence-electron chi connectivity index (χ4n) is 3.63. The first-order valence-electron chi connectivity index (χ1n) is 9.84. The third-order valence-corrected chi connectivity index (χ3v) is 5.74. The number of amides is 1. The van der Waals surface area contributed by atoms with Crippen molar-refractivity contribution in [2.24, 2.45) is 0 Å². The Balaban J connectivity index is 1.45. The zero-order chi connectivity index (χ0) is 19.7. The van der Waals surface area contributed by atoms with Crippen molar-refractivity contribution in [3.8, 4) is 11.5 Å². The van der Waals surface area contributed by atoms with Crippen molar-refractivity contribution in [3.63, 3.8) is 0 Å². The van der Waals surface area contributed by atoms with Crippen LogP contribution in [0.15, 0.2) is 34.7 Å². The highest BCUT2D eigenvalue weighted by atomic mass is 16.4. The van der Waals surface area contributed by atoms with Crippen molar-refractivity contribution in [1.82, 2.24) is 20.1 Å². The highest BCUT2D eigenvalue weighted by Gasteiger charge is 2.26. The molecule has 28 heavy (non-hydrogen) atoms. The molecule has 0 radical (unpaired) electrons. The summed E-state index contributed by atoms with van der Waals surface area (Å²) in [5.41, 5.74) is 5.18. The summed E-state index contributed by atoms with van der Waals surface area (Å²) in [5, 5.41) is 11.5. The van der Waals surface area contributed by atoms with E-state index in [2.05, 4.69) is 28.5 Å². The second-order valence-electron chi connectivity index (χ2n) is 7.65. The maximum absolute atomic E-state index is 12.5. The smallest absolute Gasteiger partial charge is 0.249 e. The largest absolute Gasteiger partial charge is 0.420 e. The molecule has 0 bridgehead atoms. The van der Waals surface area contributed by atoms with Gasteiger partial charge in [-0.3, -0.25) is 4.79 Å². The Bertz CT molecular complexity index is 998. The molecule has 6 nitrogen and oxygen atoms in total. The fourth-order valence-corrected chi connectivity index (χ4v) is 3.63. The molecule has 1 fully saturated rings. The molecule has 1 N–H and O–H groups in total. The minimum Gasteiger partial charge on any atom is -0.420 e. The van der Waals surface area contributed by atoms with Gasteiger partial charge in [-0.1, -0.05) is 30.7 Å². The van der Waals surface area contributed by atoms with Gasteiger partial charge in [-0.2, -0.15) is 0 Å². The van der Waals surface area contributed by atoms with Crippen LogP contribution < -0.4 is 5.32 Å². The summed E-state index contributed by atoms with van der Waals surface area (Å²) >= 11 is 0. The van der Waals surface area contributed by atoms with E-state index in [1.807, 2.05) is 42.7 Å². The fraction of sp³-hybridized carbons (Fsp3) is 0.409. The summed E-state index contributed by atoms with van der Waals surface area (Å²) < 4.78 is 7.91. The molecule has 0 spiro atoms. The number of carbonyl (C=O) groups excluding carboxylic acids is 1. The number of aromatic nitrogens is 3. The predicted octanol–water partition coefficient (Wildman–Crippen LogP) is 4.05. The summed E-state index contributed by atoms with van der Waals surface area (Å²) in [4.78, 5) is 12.5. The van der Waals surface area contributed by atoms with E-state index in [4.69, 9.17) is 4.42 Å². The van der Waals surface area contributed by atoms with Gasteiger partial charge in [0.1, 0.15) is 6.54 Å². The van der Waals surface area contributed by atoms with Gasteiger partial charge >= 0.3 is 0 Å². The molecule has 0 atom stereocenters. The maximum Gasteiger partial charge on any atom is 0.249 e. The molecule has 3 aromatic rings. The van der Waals surface area contributed by atoms with Crippen LogP contribution in [-0.4, -0.2) is 20.7 Å². The Kier molecular flexibility index (Phi) is 5.03. The summed E-state index contributed by atoms with van der Waals surface area (Å²) in [6, 6.07) is 10.1. The molecule has 2 heterocycles. The topological polar surface area (TPSA) is 73.0 Å². The van der Waals surface area contributed by atoms with Crippen LogP contribution in [0.25, 0.3) is 11.5 Å². The van der Waals surface area contributed by atoms with Crippen molar-refractivity contribution in [1.29, 1.82) is 0 Å². The minimum atomic E-state index is -0.0164. The number of carbonyl (C=O) groups is 1. The number of aryl methyl sites for hydroxylation is 2. The number of nitrogens with one attached hydrogen (secondary N) is 1. The number of benzene rings is 1. The molecule has 1 saturated carbocycles. The van der Waals surface area contributed by atoms with Crippen LogP contribution in [0.3, 0.4) is 0 Å². The quantitative estimate of drug-likeness (QED) is 0.702. The van der Waals surface area contributed by atoms with Crippen LogP contribution in [0.4, 0.5) is 0 Å². The van der Waals surface area contributed by atoms with Crippen LogP contribution in [0, 0.1) is 20.8 Å². The third kappa shape index (κ3) is 3.59. The molecular formula is C22H26N4O2. The Morgan fingerprint density at radius 1 is 1.21 bits per heavy atom. The molecule has 146 valence electrons. The van der Waals surface area contributed by atoms with Crippen LogP contribution >= 0.6 is 0 Å². The van der Waals surface area contributed by atoms with E-state index in [-0.39, 0.29) is 12.5 Å². The van der Waals surface area contributed by atoms with Gasteiger partial charge in [0.15, 0.2) is 0 Å². The van der Waals surface area contributed by atoms with E-state index in [9.17, 15) is 4.79 Å². The molecule has 6 heteroatoms. The summed E-state index contributed by atoms with van der Waals surface area (Å²) in [7, 11) is 0. The third-order valence-electron chi connectivity index (χ3n) is 5.74. The molecule has 1 aromatic carbocycles. The van der Waals surface area contributed by atoms with Crippen molar-refractivity contribution >= 4 is 5.91 Å². The molecule has 2 aromatic heterocycles. The van der Waals surface area contributed by atoms with Crippen molar-refractivity contribution in [3.05, 3.63) is 58.7 Å². The van der Waals surface area contributed by atoms with Gasteiger partial charge in [-0.15, -0.1) is 10.2 Å². The lowest BCUT2D eigenvalue weighted by Gasteiger charge is -2.20. The molecule has 0 saturated heterocycles. The van der Waals surface area contributed by atoms with E-state index < -0.39 is 0 Å². The molecule has 4 rings (SSSR count). The van der Waals surface area contributed by atoms with Crippen molar-refractivity contribution in [2.75, 3.05) is 0 Å². The molecule has 0 aliphatic heterocycles. The first kappa shape index (κ1) is 18.5. The van der Waals surface area contributed by atoms with E-state index >= 15 is 0 Å². The Morgan fingerprint density at radius 3 is 2.71 bits per heavy atom.